The molecule has 3 N–H and O–H groups in total. The summed E-state index contributed by atoms with van der Waals surface area (Å²) < 4.78 is 0. The van der Waals surface area contributed by atoms with Crippen LogP contribution in [0.5, 0.6) is 0 Å². The van der Waals surface area contributed by atoms with Gasteiger partial charge in [-0.15, -0.1) is 0 Å². The first-order chi connectivity index (χ1) is 9.91. The van der Waals surface area contributed by atoms with Crippen molar-refractivity contribution in [2.45, 2.75) is 39.1 Å². The smallest absolute Gasteiger partial charge is 0.0768 e. The second-order valence-electron chi connectivity index (χ2n) is 5.47. The molecule has 3 unspecified atom stereocenters. The summed E-state index contributed by atoms with van der Waals surface area (Å²) in [4.78, 5) is 0. The van der Waals surface area contributed by atoms with Crippen LogP contribution in [0.2, 0.25) is 0 Å². The van der Waals surface area contributed by atoms with Crippen LogP contribution in [-0.2, 0) is 0 Å². The average Bonchev–Trinajstić information content (AvgIpc) is 2.46. The molecule has 0 radical (unpaired) electrons. The van der Waals surface area contributed by atoms with Gasteiger partial charge in [0.1, 0.15) is 0 Å². The van der Waals surface area contributed by atoms with Crippen molar-refractivity contribution in [2.75, 3.05) is 0 Å². The molecule has 0 bridgehead atoms. The number of benzene rings is 2. The first kappa shape index (κ1) is 15.7. The van der Waals surface area contributed by atoms with Gasteiger partial charge in [0, 0.05) is 0 Å². The molecule has 112 valence electrons. The number of hydrogen-bond acceptors (Lipinski definition) is 3. The number of rotatable bonds is 4. The predicted molar refractivity (Wildman–Crippen MR) is 83.8 cm³/mol. The Morgan fingerprint density at radius 3 is 1.57 bits per heavy atom. The van der Waals surface area contributed by atoms with E-state index in [0.717, 1.165) is 22.3 Å². The summed E-state index contributed by atoms with van der Waals surface area (Å²) in [6.07, 6.45) is -2.02. The van der Waals surface area contributed by atoms with E-state index in [1.165, 1.54) is 0 Å². The Bertz CT molecular complexity index is 572. The average molecular weight is 286 g/mol. The fourth-order valence-electron chi connectivity index (χ4n) is 2.55. The monoisotopic (exact) mass is 286 g/mol. The summed E-state index contributed by atoms with van der Waals surface area (Å²) in [6.45, 7) is 5.06. The van der Waals surface area contributed by atoms with E-state index in [-0.39, 0.29) is 0 Å². The lowest BCUT2D eigenvalue weighted by molar-refractivity contribution is 0.187. The lowest BCUT2D eigenvalue weighted by Gasteiger charge is -2.21. The van der Waals surface area contributed by atoms with Crippen molar-refractivity contribution in [1.29, 1.82) is 0 Å². The summed E-state index contributed by atoms with van der Waals surface area (Å²) in [5, 5.41) is 30.1. The van der Waals surface area contributed by atoms with Gasteiger partial charge in [-0.3, -0.25) is 0 Å². The van der Waals surface area contributed by atoms with Crippen LogP contribution in [0.25, 0.3) is 11.1 Å². The van der Waals surface area contributed by atoms with E-state index in [9.17, 15) is 15.3 Å². The van der Waals surface area contributed by atoms with E-state index in [4.69, 9.17) is 0 Å². The molecule has 3 nitrogen and oxygen atoms in total. The summed E-state index contributed by atoms with van der Waals surface area (Å²) in [6, 6.07) is 13.3. The standard InChI is InChI=1S/C18H22O3/c1-11(19)15-9-16(12(2)20)18(17(10-15)13(3)21)14-7-5-4-6-8-14/h4-13,19-21H,1-3H3. The summed E-state index contributed by atoms with van der Waals surface area (Å²) in [5.74, 6) is 0. The van der Waals surface area contributed by atoms with Crippen molar-refractivity contribution in [3.63, 3.8) is 0 Å². The van der Waals surface area contributed by atoms with Crippen LogP contribution >= 0.6 is 0 Å². The van der Waals surface area contributed by atoms with Crippen molar-refractivity contribution in [3.05, 3.63) is 59.2 Å². The van der Waals surface area contributed by atoms with E-state index in [1.54, 1.807) is 20.8 Å². The highest BCUT2D eigenvalue weighted by Crippen LogP contribution is 2.37. The third-order valence-electron chi connectivity index (χ3n) is 3.67. The molecule has 0 fully saturated rings. The molecule has 0 saturated carbocycles. The summed E-state index contributed by atoms with van der Waals surface area (Å²) in [7, 11) is 0. The van der Waals surface area contributed by atoms with Gasteiger partial charge in [-0.25, -0.2) is 0 Å². The minimum absolute atomic E-state index is 0.648. The maximum absolute atomic E-state index is 10.1. The van der Waals surface area contributed by atoms with Crippen LogP contribution < -0.4 is 0 Å². The molecule has 0 saturated heterocycles. The minimum Gasteiger partial charge on any atom is -0.389 e. The fraction of sp³-hybridized carbons (Fsp3) is 0.333. The molecule has 0 aliphatic carbocycles. The van der Waals surface area contributed by atoms with Crippen LogP contribution in [0.4, 0.5) is 0 Å². The van der Waals surface area contributed by atoms with Crippen molar-refractivity contribution in [3.8, 4) is 11.1 Å². The van der Waals surface area contributed by atoms with E-state index in [2.05, 4.69) is 0 Å². The van der Waals surface area contributed by atoms with Crippen LogP contribution in [0.1, 0.15) is 55.8 Å². The molecule has 0 aliphatic rings. The SMILES string of the molecule is CC(O)c1cc(C(C)O)c(-c2ccccc2)c(C(C)O)c1. The third-order valence-corrected chi connectivity index (χ3v) is 3.67. The zero-order valence-corrected chi connectivity index (χ0v) is 12.6. The van der Waals surface area contributed by atoms with Gasteiger partial charge in [0.25, 0.3) is 0 Å². The van der Waals surface area contributed by atoms with Crippen molar-refractivity contribution < 1.29 is 15.3 Å². The van der Waals surface area contributed by atoms with Crippen LogP contribution in [0.3, 0.4) is 0 Å². The molecule has 21 heavy (non-hydrogen) atoms. The highest BCUT2D eigenvalue weighted by molar-refractivity contribution is 5.72. The molecule has 0 aliphatic heterocycles. The van der Waals surface area contributed by atoms with Gasteiger partial charge in [0.2, 0.25) is 0 Å². The molecule has 0 amide bonds. The first-order valence-corrected chi connectivity index (χ1v) is 7.19. The van der Waals surface area contributed by atoms with Crippen LogP contribution in [0, 0.1) is 0 Å². The molecular weight excluding hydrogens is 264 g/mol. The van der Waals surface area contributed by atoms with E-state index in [1.807, 2.05) is 42.5 Å². The number of aliphatic hydroxyl groups excluding tert-OH is 3. The van der Waals surface area contributed by atoms with Gasteiger partial charge in [-0.1, -0.05) is 30.3 Å². The molecule has 0 spiro atoms. The van der Waals surface area contributed by atoms with Crippen molar-refractivity contribution in [2.24, 2.45) is 0 Å². The molecule has 0 aromatic heterocycles. The molecule has 2 aromatic carbocycles. The zero-order valence-electron chi connectivity index (χ0n) is 12.6. The predicted octanol–water partition coefficient (Wildman–Crippen LogP) is 3.51. The minimum atomic E-state index is -0.684. The quantitative estimate of drug-likeness (QED) is 0.806. The highest BCUT2D eigenvalue weighted by atomic mass is 16.3. The van der Waals surface area contributed by atoms with Crippen molar-refractivity contribution in [1.82, 2.24) is 0 Å². The normalized spacial score (nSPS) is 15.5. The van der Waals surface area contributed by atoms with Gasteiger partial charge >= 0.3 is 0 Å². The van der Waals surface area contributed by atoms with Gasteiger partial charge in [0.15, 0.2) is 0 Å². The molecule has 3 heteroatoms. The van der Waals surface area contributed by atoms with E-state index < -0.39 is 18.3 Å². The van der Waals surface area contributed by atoms with Gasteiger partial charge in [0.05, 0.1) is 18.3 Å². The summed E-state index contributed by atoms with van der Waals surface area (Å²) >= 11 is 0. The third kappa shape index (κ3) is 3.32. The Hall–Kier alpha value is -1.68. The first-order valence-electron chi connectivity index (χ1n) is 7.19. The van der Waals surface area contributed by atoms with E-state index >= 15 is 0 Å². The Morgan fingerprint density at radius 2 is 1.19 bits per heavy atom. The number of aliphatic hydroxyl groups is 3. The lowest BCUT2D eigenvalue weighted by atomic mass is 9.87. The Morgan fingerprint density at radius 1 is 0.714 bits per heavy atom. The molecule has 3 atom stereocenters. The Balaban J connectivity index is 2.77. The Kier molecular flexibility index (Phi) is 4.78. The lowest BCUT2D eigenvalue weighted by Crippen LogP contribution is -2.06. The van der Waals surface area contributed by atoms with Gasteiger partial charge < -0.3 is 15.3 Å². The molecule has 2 rings (SSSR count). The molecular formula is C18H22O3. The maximum Gasteiger partial charge on any atom is 0.0768 e. The molecule has 0 heterocycles. The summed E-state index contributed by atoms with van der Waals surface area (Å²) in [5.41, 5.74) is 3.92. The number of hydrogen-bond donors (Lipinski definition) is 3. The van der Waals surface area contributed by atoms with Gasteiger partial charge in [-0.05, 0) is 60.7 Å². The van der Waals surface area contributed by atoms with Crippen molar-refractivity contribution >= 4 is 0 Å². The second kappa shape index (κ2) is 6.39. The van der Waals surface area contributed by atoms with E-state index in [0.29, 0.717) is 5.56 Å². The van der Waals surface area contributed by atoms with Gasteiger partial charge in [-0.2, -0.15) is 0 Å². The fourth-order valence-corrected chi connectivity index (χ4v) is 2.55. The Labute approximate surface area is 125 Å². The van der Waals surface area contributed by atoms with Crippen LogP contribution in [-0.4, -0.2) is 15.3 Å². The topological polar surface area (TPSA) is 60.7 Å². The molecule has 2 aromatic rings. The van der Waals surface area contributed by atoms with Crippen LogP contribution in [0.15, 0.2) is 42.5 Å². The second-order valence-corrected chi connectivity index (χ2v) is 5.47. The largest absolute Gasteiger partial charge is 0.389 e. The maximum atomic E-state index is 10.1. The zero-order chi connectivity index (χ0) is 15.6. The highest BCUT2D eigenvalue weighted by Gasteiger charge is 2.19.